The van der Waals surface area contributed by atoms with E-state index in [-0.39, 0.29) is 0 Å². The number of nitrogens with zero attached hydrogens (tertiary/aromatic N) is 3. The summed E-state index contributed by atoms with van der Waals surface area (Å²) in [6, 6.07) is 3.58. The summed E-state index contributed by atoms with van der Waals surface area (Å²) in [5.74, 6) is 0.495. The zero-order valence-corrected chi connectivity index (χ0v) is 8.99. The maximum atomic E-state index is 5.50. The lowest BCUT2D eigenvalue weighted by atomic mass is 10.4. The van der Waals surface area contributed by atoms with Crippen LogP contribution in [0.5, 0.6) is 5.88 Å². The summed E-state index contributed by atoms with van der Waals surface area (Å²) in [5.41, 5.74) is 6.24. The Kier molecular flexibility index (Phi) is 2.89. The third-order valence-electron chi connectivity index (χ3n) is 1.82. The van der Waals surface area contributed by atoms with Gasteiger partial charge in [-0.2, -0.15) is 0 Å². The maximum absolute atomic E-state index is 5.50. The fourth-order valence-corrected chi connectivity index (χ4v) is 1.82. The molecule has 0 aromatic carbocycles. The van der Waals surface area contributed by atoms with Gasteiger partial charge in [-0.25, -0.2) is 4.98 Å². The molecule has 0 spiro atoms. The van der Waals surface area contributed by atoms with Crippen LogP contribution in [0.3, 0.4) is 0 Å². The first-order chi connectivity index (χ1) is 7.33. The van der Waals surface area contributed by atoms with Crippen LogP contribution in [-0.2, 0) is 6.54 Å². The Morgan fingerprint density at radius 1 is 1.40 bits per heavy atom. The summed E-state index contributed by atoms with van der Waals surface area (Å²) < 4.78 is 4.92. The molecule has 2 heterocycles. The summed E-state index contributed by atoms with van der Waals surface area (Å²) in [4.78, 5) is 5.24. The number of nitrogens with two attached hydrogens (primary N) is 1. The average molecular weight is 222 g/mol. The van der Waals surface area contributed by atoms with Crippen molar-refractivity contribution in [2.45, 2.75) is 6.54 Å². The van der Waals surface area contributed by atoms with E-state index in [4.69, 9.17) is 10.5 Å². The molecule has 0 radical (unpaired) electrons. The van der Waals surface area contributed by atoms with E-state index >= 15 is 0 Å². The molecule has 78 valence electrons. The van der Waals surface area contributed by atoms with Gasteiger partial charge in [0, 0.05) is 23.7 Å². The van der Waals surface area contributed by atoms with Crippen LogP contribution in [0.2, 0.25) is 0 Å². The highest BCUT2D eigenvalue weighted by molar-refractivity contribution is 7.14. The lowest BCUT2D eigenvalue weighted by molar-refractivity contribution is 0.392. The van der Waals surface area contributed by atoms with Gasteiger partial charge in [0.2, 0.25) is 5.88 Å². The molecule has 2 rings (SSSR count). The van der Waals surface area contributed by atoms with Gasteiger partial charge < -0.3 is 10.5 Å². The van der Waals surface area contributed by atoms with Crippen molar-refractivity contribution in [1.29, 1.82) is 0 Å². The van der Waals surface area contributed by atoms with Gasteiger partial charge in [-0.1, -0.05) is 0 Å². The Labute approximate surface area is 90.9 Å². The second-order valence-corrected chi connectivity index (χ2v) is 3.91. The first-order valence-corrected chi connectivity index (χ1v) is 5.18. The van der Waals surface area contributed by atoms with E-state index in [0.29, 0.717) is 12.4 Å². The van der Waals surface area contributed by atoms with Crippen molar-refractivity contribution in [1.82, 2.24) is 15.2 Å². The topological polar surface area (TPSA) is 73.9 Å². The Balaban J connectivity index is 2.28. The fourth-order valence-electron chi connectivity index (χ4n) is 1.06. The van der Waals surface area contributed by atoms with Crippen molar-refractivity contribution in [3.05, 3.63) is 23.2 Å². The van der Waals surface area contributed by atoms with Crippen LogP contribution < -0.4 is 10.5 Å². The molecule has 0 bridgehead atoms. The molecule has 2 aromatic heterocycles. The minimum atomic E-state index is 0.495. The molecular formula is C9H10N4OS. The molecule has 5 nitrogen and oxygen atoms in total. The largest absolute Gasteiger partial charge is 0.480 e. The predicted molar refractivity (Wildman–Crippen MR) is 57.6 cm³/mol. The fraction of sp³-hybridized carbons (Fsp3) is 0.222. The number of hydrogen-bond acceptors (Lipinski definition) is 6. The molecule has 0 unspecified atom stereocenters. The molecule has 0 amide bonds. The molecule has 0 atom stereocenters. The van der Waals surface area contributed by atoms with Crippen LogP contribution in [0.15, 0.2) is 18.3 Å². The lowest BCUT2D eigenvalue weighted by Gasteiger charge is -1.97. The summed E-state index contributed by atoms with van der Waals surface area (Å²) >= 11 is 1.52. The number of rotatable bonds is 3. The van der Waals surface area contributed by atoms with Crippen molar-refractivity contribution < 1.29 is 4.74 Å². The van der Waals surface area contributed by atoms with Crippen LogP contribution in [0.1, 0.15) is 4.88 Å². The summed E-state index contributed by atoms with van der Waals surface area (Å²) in [6.07, 6.45) is 1.76. The van der Waals surface area contributed by atoms with Crippen LogP contribution in [0, 0.1) is 0 Å². The van der Waals surface area contributed by atoms with Gasteiger partial charge in [0.25, 0.3) is 0 Å². The van der Waals surface area contributed by atoms with E-state index in [0.717, 1.165) is 15.6 Å². The lowest BCUT2D eigenvalue weighted by Crippen LogP contribution is -1.91. The molecule has 0 aliphatic carbocycles. The zero-order chi connectivity index (χ0) is 10.7. The smallest absolute Gasteiger partial charge is 0.233 e. The molecule has 6 heteroatoms. The standard InChI is InChI=1S/C9H10N4OS/c1-14-8-3-2-7(12-13-8)9-11-5-6(4-10)15-9/h2-3,5H,4,10H2,1H3. The van der Waals surface area contributed by atoms with Crippen molar-refractivity contribution in [3.63, 3.8) is 0 Å². The number of ether oxygens (including phenoxy) is 1. The molecule has 2 N–H and O–H groups in total. The third-order valence-corrected chi connectivity index (χ3v) is 2.87. The minimum Gasteiger partial charge on any atom is -0.480 e. The van der Waals surface area contributed by atoms with Gasteiger partial charge in [-0.3, -0.25) is 0 Å². The third kappa shape index (κ3) is 2.11. The van der Waals surface area contributed by atoms with Crippen molar-refractivity contribution in [2.24, 2.45) is 5.73 Å². The Morgan fingerprint density at radius 2 is 2.27 bits per heavy atom. The van der Waals surface area contributed by atoms with E-state index in [9.17, 15) is 0 Å². The normalized spacial score (nSPS) is 10.3. The van der Waals surface area contributed by atoms with Crippen LogP contribution in [0.25, 0.3) is 10.7 Å². The average Bonchev–Trinajstić information content (AvgIpc) is 2.78. The molecule has 0 saturated heterocycles. The van der Waals surface area contributed by atoms with Crippen LogP contribution in [0.4, 0.5) is 0 Å². The van der Waals surface area contributed by atoms with Gasteiger partial charge in [0.1, 0.15) is 10.7 Å². The van der Waals surface area contributed by atoms with E-state index in [2.05, 4.69) is 15.2 Å². The molecule has 0 fully saturated rings. The summed E-state index contributed by atoms with van der Waals surface area (Å²) in [7, 11) is 1.56. The number of aromatic nitrogens is 3. The second-order valence-electron chi connectivity index (χ2n) is 2.80. The van der Waals surface area contributed by atoms with Gasteiger partial charge >= 0.3 is 0 Å². The molecule has 0 aliphatic rings. The second kappa shape index (κ2) is 4.33. The van der Waals surface area contributed by atoms with Gasteiger partial charge in [-0.15, -0.1) is 21.5 Å². The molecule has 0 aliphatic heterocycles. The summed E-state index contributed by atoms with van der Waals surface area (Å²) in [6.45, 7) is 0.501. The highest BCUT2D eigenvalue weighted by Gasteiger charge is 2.05. The van der Waals surface area contributed by atoms with E-state index < -0.39 is 0 Å². The molecular weight excluding hydrogens is 212 g/mol. The minimum absolute atomic E-state index is 0.495. The SMILES string of the molecule is COc1ccc(-c2ncc(CN)s2)nn1. The highest BCUT2D eigenvalue weighted by atomic mass is 32.1. The van der Waals surface area contributed by atoms with E-state index in [1.54, 1.807) is 19.4 Å². The number of thiazole rings is 1. The monoisotopic (exact) mass is 222 g/mol. The van der Waals surface area contributed by atoms with Gasteiger partial charge in [0.05, 0.1) is 7.11 Å². The first kappa shape index (κ1) is 10.0. The number of hydrogen-bond donors (Lipinski definition) is 1. The maximum Gasteiger partial charge on any atom is 0.233 e. The van der Waals surface area contributed by atoms with Crippen molar-refractivity contribution >= 4 is 11.3 Å². The predicted octanol–water partition coefficient (Wildman–Crippen LogP) is 1.07. The molecule has 2 aromatic rings. The Hall–Kier alpha value is -1.53. The Morgan fingerprint density at radius 3 is 2.80 bits per heavy atom. The number of methoxy groups -OCH3 is 1. The van der Waals surface area contributed by atoms with Crippen LogP contribution >= 0.6 is 11.3 Å². The molecule has 15 heavy (non-hydrogen) atoms. The Bertz CT molecular complexity index is 440. The van der Waals surface area contributed by atoms with Crippen molar-refractivity contribution in [3.8, 4) is 16.6 Å². The summed E-state index contributed by atoms with van der Waals surface area (Å²) in [5, 5.41) is 8.70. The first-order valence-electron chi connectivity index (χ1n) is 4.36. The highest BCUT2D eigenvalue weighted by Crippen LogP contribution is 2.23. The molecule has 0 saturated carbocycles. The van der Waals surface area contributed by atoms with Gasteiger partial charge in [-0.05, 0) is 6.07 Å². The quantitative estimate of drug-likeness (QED) is 0.840. The van der Waals surface area contributed by atoms with Gasteiger partial charge in [0.15, 0.2) is 0 Å². The zero-order valence-electron chi connectivity index (χ0n) is 8.17. The van der Waals surface area contributed by atoms with E-state index in [1.807, 2.05) is 6.07 Å². The van der Waals surface area contributed by atoms with E-state index in [1.165, 1.54) is 11.3 Å². The van der Waals surface area contributed by atoms with Crippen LogP contribution in [-0.4, -0.2) is 22.3 Å². The van der Waals surface area contributed by atoms with Crippen molar-refractivity contribution in [2.75, 3.05) is 7.11 Å².